The number of rotatable bonds is 3. The van der Waals surface area contributed by atoms with Gasteiger partial charge in [0.15, 0.2) is 0 Å². The molecule has 0 fully saturated rings. The number of benzene rings is 2. The average Bonchev–Trinajstić information content (AvgIpc) is 2.47. The van der Waals surface area contributed by atoms with Gasteiger partial charge >= 0.3 is 0 Å². The fourth-order valence-corrected chi connectivity index (χ4v) is 2.89. The number of anilines is 1. The van der Waals surface area contributed by atoms with Crippen molar-refractivity contribution in [3.63, 3.8) is 0 Å². The number of nitrogens with zero attached hydrogens (tertiary/aromatic N) is 2. The first kappa shape index (κ1) is 15.3. The zero-order chi connectivity index (χ0) is 15.5. The number of aryl methyl sites for hydroxylation is 1. The molecule has 0 aromatic heterocycles. The highest BCUT2D eigenvalue weighted by Gasteiger charge is 2.14. The number of hydrogen-bond acceptors (Lipinski definition) is 2. The van der Waals surface area contributed by atoms with Crippen LogP contribution in [0.5, 0.6) is 0 Å². The molecule has 21 heavy (non-hydrogen) atoms. The van der Waals surface area contributed by atoms with Crippen molar-refractivity contribution < 1.29 is 8.42 Å². The molecular weight excluding hydrogens is 284 g/mol. The van der Waals surface area contributed by atoms with Crippen LogP contribution in [0.1, 0.15) is 12.5 Å². The van der Waals surface area contributed by atoms with E-state index in [-0.39, 0.29) is 4.90 Å². The van der Waals surface area contributed by atoms with Gasteiger partial charge < -0.3 is 4.90 Å². The van der Waals surface area contributed by atoms with E-state index in [1.165, 1.54) is 0 Å². The Hall–Kier alpha value is -2.14. The molecule has 0 heterocycles. The molecular formula is C16H18N2O2S. The Morgan fingerprint density at radius 3 is 2.14 bits per heavy atom. The Morgan fingerprint density at radius 2 is 1.57 bits per heavy atom. The molecule has 2 rings (SSSR count). The first-order chi connectivity index (χ1) is 9.90. The number of para-hydroxylation sites is 1. The van der Waals surface area contributed by atoms with Crippen LogP contribution in [-0.4, -0.2) is 21.3 Å². The maximum Gasteiger partial charge on any atom is 0.283 e. The number of amidine groups is 1. The van der Waals surface area contributed by atoms with Crippen LogP contribution in [0.25, 0.3) is 0 Å². The maximum atomic E-state index is 12.3. The Morgan fingerprint density at radius 1 is 1.00 bits per heavy atom. The van der Waals surface area contributed by atoms with Gasteiger partial charge in [0.25, 0.3) is 10.0 Å². The van der Waals surface area contributed by atoms with Crippen molar-refractivity contribution in [2.24, 2.45) is 4.40 Å². The van der Waals surface area contributed by atoms with Crippen LogP contribution in [0.15, 0.2) is 63.9 Å². The Balaban J connectivity index is 2.31. The minimum atomic E-state index is -3.68. The highest BCUT2D eigenvalue weighted by atomic mass is 32.2. The molecule has 0 amide bonds. The molecule has 0 saturated carbocycles. The molecule has 0 atom stereocenters. The Kier molecular flexibility index (Phi) is 4.43. The quantitative estimate of drug-likeness (QED) is 0.646. The van der Waals surface area contributed by atoms with Gasteiger partial charge in [-0.1, -0.05) is 35.9 Å². The molecule has 2 aromatic rings. The third kappa shape index (κ3) is 3.70. The van der Waals surface area contributed by atoms with Gasteiger partial charge in [0.05, 0.1) is 4.90 Å². The predicted octanol–water partition coefficient (Wildman–Crippen LogP) is 3.24. The molecule has 0 aliphatic heterocycles. The minimum absolute atomic E-state index is 0.203. The van der Waals surface area contributed by atoms with Gasteiger partial charge in [-0.2, -0.15) is 8.42 Å². The van der Waals surface area contributed by atoms with E-state index in [0.717, 1.165) is 11.3 Å². The summed E-state index contributed by atoms with van der Waals surface area (Å²) in [5.74, 6) is 0.418. The normalized spacial score (nSPS) is 12.2. The van der Waals surface area contributed by atoms with Crippen LogP contribution in [0.4, 0.5) is 5.69 Å². The van der Waals surface area contributed by atoms with Crippen LogP contribution < -0.4 is 4.90 Å². The van der Waals surface area contributed by atoms with Crippen molar-refractivity contribution in [2.45, 2.75) is 18.7 Å². The van der Waals surface area contributed by atoms with E-state index in [2.05, 4.69) is 4.40 Å². The standard InChI is InChI=1S/C16H18N2O2S/c1-13-9-11-16(12-10-13)21(19,20)17-14(2)18(3)15-7-5-4-6-8-15/h4-12H,1-3H3/b17-14+. The van der Waals surface area contributed by atoms with Crippen LogP contribution >= 0.6 is 0 Å². The molecule has 0 radical (unpaired) electrons. The fourth-order valence-electron chi connectivity index (χ4n) is 1.84. The molecule has 0 aliphatic carbocycles. The van der Waals surface area contributed by atoms with Gasteiger partial charge in [0.1, 0.15) is 5.84 Å². The van der Waals surface area contributed by atoms with Gasteiger partial charge in [-0.15, -0.1) is 4.40 Å². The van der Waals surface area contributed by atoms with Crippen molar-refractivity contribution in [3.05, 3.63) is 60.2 Å². The first-order valence-corrected chi connectivity index (χ1v) is 8.01. The predicted molar refractivity (Wildman–Crippen MR) is 86.3 cm³/mol. The summed E-state index contributed by atoms with van der Waals surface area (Å²) in [7, 11) is -1.89. The summed E-state index contributed by atoms with van der Waals surface area (Å²) in [5, 5.41) is 0. The lowest BCUT2D eigenvalue weighted by atomic mass is 10.2. The smallest absolute Gasteiger partial charge is 0.283 e. The highest BCUT2D eigenvalue weighted by Crippen LogP contribution is 2.16. The number of sulfonamides is 1. The molecule has 5 heteroatoms. The van der Waals surface area contributed by atoms with Gasteiger partial charge in [-0.05, 0) is 38.1 Å². The fraction of sp³-hybridized carbons (Fsp3) is 0.188. The van der Waals surface area contributed by atoms with Crippen LogP contribution in [-0.2, 0) is 10.0 Å². The maximum absolute atomic E-state index is 12.3. The van der Waals surface area contributed by atoms with Crippen molar-refractivity contribution in [1.29, 1.82) is 0 Å². The second kappa shape index (κ2) is 6.10. The zero-order valence-corrected chi connectivity index (χ0v) is 13.1. The third-order valence-corrected chi connectivity index (χ3v) is 4.57. The van der Waals surface area contributed by atoms with E-state index < -0.39 is 10.0 Å². The molecule has 110 valence electrons. The third-order valence-electron chi connectivity index (χ3n) is 3.20. The average molecular weight is 302 g/mol. The summed E-state index contributed by atoms with van der Waals surface area (Å²) in [6.07, 6.45) is 0. The van der Waals surface area contributed by atoms with Crippen molar-refractivity contribution in [1.82, 2.24) is 0 Å². The highest BCUT2D eigenvalue weighted by molar-refractivity contribution is 7.90. The van der Waals surface area contributed by atoms with Gasteiger partial charge in [-0.25, -0.2) is 0 Å². The summed E-state index contributed by atoms with van der Waals surface area (Å²) >= 11 is 0. The van der Waals surface area contributed by atoms with Gasteiger partial charge in [0, 0.05) is 12.7 Å². The van der Waals surface area contributed by atoms with E-state index in [1.54, 1.807) is 43.1 Å². The molecule has 0 unspecified atom stereocenters. The second-order valence-electron chi connectivity index (χ2n) is 4.82. The first-order valence-electron chi connectivity index (χ1n) is 6.57. The minimum Gasteiger partial charge on any atom is -0.332 e. The van der Waals surface area contributed by atoms with Crippen molar-refractivity contribution in [2.75, 3.05) is 11.9 Å². The lowest BCUT2D eigenvalue weighted by molar-refractivity contribution is 0.598. The van der Waals surface area contributed by atoms with Crippen LogP contribution in [0, 0.1) is 6.92 Å². The molecule has 2 aromatic carbocycles. The summed E-state index contributed by atoms with van der Waals surface area (Å²) in [6, 6.07) is 16.2. The summed E-state index contributed by atoms with van der Waals surface area (Å²) in [5.41, 5.74) is 1.90. The SMILES string of the molecule is C/C(=N\S(=O)(=O)c1ccc(C)cc1)N(C)c1ccccc1. The number of hydrogen-bond donors (Lipinski definition) is 0. The largest absolute Gasteiger partial charge is 0.332 e. The van der Waals surface area contributed by atoms with Crippen LogP contribution in [0.2, 0.25) is 0 Å². The van der Waals surface area contributed by atoms with Crippen molar-refractivity contribution in [3.8, 4) is 0 Å². The molecule has 0 spiro atoms. The second-order valence-corrected chi connectivity index (χ2v) is 6.43. The molecule has 0 aliphatic rings. The van der Waals surface area contributed by atoms with E-state index in [0.29, 0.717) is 5.84 Å². The summed E-state index contributed by atoms with van der Waals surface area (Å²) < 4.78 is 28.5. The summed E-state index contributed by atoms with van der Waals surface area (Å²) in [4.78, 5) is 1.94. The summed E-state index contributed by atoms with van der Waals surface area (Å²) in [6.45, 7) is 3.59. The lowest BCUT2D eigenvalue weighted by Gasteiger charge is -2.18. The van der Waals surface area contributed by atoms with E-state index in [9.17, 15) is 8.42 Å². The lowest BCUT2D eigenvalue weighted by Crippen LogP contribution is -2.24. The van der Waals surface area contributed by atoms with E-state index in [1.807, 2.05) is 37.3 Å². The van der Waals surface area contributed by atoms with Gasteiger partial charge in [-0.3, -0.25) is 0 Å². The molecule has 0 saturated heterocycles. The monoisotopic (exact) mass is 302 g/mol. The Labute approximate surface area is 125 Å². The molecule has 0 N–H and O–H groups in total. The van der Waals surface area contributed by atoms with E-state index >= 15 is 0 Å². The topological polar surface area (TPSA) is 49.7 Å². The zero-order valence-electron chi connectivity index (χ0n) is 12.3. The van der Waals surface area contributed by atoms with E-state index in [4.69, 9.17) is 0 Å². The van der Waals surface area contributed by atoms with Crippen LogP contribution in [0.3, 0.4) is 0 Å². The van der Waals surface area contributed by atoms with Crippen molar-refractivity contribution >= 4 is 21.5 Å². The molecule has 4 nitrogen and oxygen atoms in total. The van der Waals surface area contributed by atoms with Gasteiger partial charge in [0.2, 0.25) is 0 Å². The molecule has 0 bridgehead atoms. The Bertz CT molecular complexity index is 736.